The first-order valence-corrected chi connectivity index (χ1v) is 7.44. The van der Waals surface area contributed by atoms with Crippen molar-refractivity contribution in [1.29, 1.82) is 0 Å². The van der Waals surface area contributed by atoms with Gasteiger partial charge in [-0.15, -0.1) is 0 Å². The van der Waals surface area contributed by atoms with Gasteiger partial charge in [0.2, 0.25) is 0 Å². The predicted octanol–water partition coefficient (Wildman–Crippen LogP) is 1.18. The molecule has 1 atom stereocenters. The molecule has 0 amide bonds. The van der Waals surface area contributed by atoms with Gasteiger partial charge >= 0.3 is 18.9 Å². The van der Waals surface area contributed by atoms with E-state index in [1.807, 2.05) is 38.1 Å². The van der Waals surface area contributed by atoms with E-state index in [1.165, 1.54) is 16.4 Å². The van der Waals surface area contributed by atoms with Crippen molar-refractivity contribution in [2.24, 2.45) is 0 Å². The second kappa shape index (κ2) is 7.23. The molecule has 0 fully saturated rings. The average Bonchev–Trinajstić information content (AvgIpc) is 2.34. The maximum Gasteiger partial charge on any atom is 1.00 e. The van der Waals surface area contributed by atoms with Gasteiger partial charge in [0, 0.05) is 5.56 Å². The summed E-state index contributed by atoms with van der Waals surface area (Å²) in [6, 6.07) is 12.2. The molecule has 1 nitrogen and oxygen atoms in total. The molecule has 20 heavy (non-hydrogen) atoms. The first kappa shape index (κ1) is 17.2. The fraction of sp³-hybridized carbons (Fsp3) is 0.235. The van der Waals surface area contributed by atoms with Crippen molar-refractivity contribution in [1.82, 2.24) is 0 Å². The summed E-state index contributed by atoms with van der Waals surface area (Å²) in [6.07, 6.45) is 0. The van der Waals surface area contributed by atoms with E-state index in [-0.39, 0.29) is 34.4 Å². The summed E-state index contributed by atoms with van der Waals surface area (Å²) in [5, 5.41) is 1.19. The van der Waals surface area contributed by atoms with E-state index >= 15 is 0 Å². The average molecular weight is 278 g/mol. The Morgan fingerprint density at radius 3 is 1.70 bits per heavy atom. The number of rotatable bonds is 3. The minimum Gasteiger partial charge on any atom is -1.00 e. The van der Waals surface area contributed by atoms with Gasteiger partial charge in [0.05, 0.1) is 0 Å². The van der Waals surface area contributed by atoms with Crippen molar-refractivity contribution in [2.45, 2.75) is 27.7 Å². The molecule has 100 valence electrons. The van der Waals surface area contributed by atoms with Gasteiger partial charge in [-0.1, -0.05) is 36.4 Å². The van der Waals surface area contributed by atoms with Crippen molar-refractivity contribution in [3.8, 4) is 0 Å². The number of carbonyl (C=O) groups is 1. The van der Waals surface area contributed by atoms with Crippen LogP contribution >= 0.6 is 8.58 Å². The van der Waals surface area contributed by atoms with E-state index in [2.05, 4.69) is 26.0 Å². The summed E-state index contributed by atoms with van der Waals surface area (Å²) < 4.78 is 0. The summed E-state index contributed by atoms with van der Waals surface area (Å²) in [7, 11) is 0.207. The second-order valence-corrected chi connectivity index (χ2v) is 6.19. The quantitative estimate of drug-likeness (QED) is 0.609. The van der Waals surface area contributed by atoms with E-state index in [4.69, 9.17) is 0 Å². The summed E-state index contributed by atoms with van der Waals surface area (Å²) >= 11 is 0. The molecule has 0 bridgehead atoms. The van der Waals surface area contributed by atoms with Crippen LogP contribution in [0.15, 0.2) is 36.4 Å². The van der Waals surface area contributed by atoms with Gasteiger partial charge < -0.3 is 1.43 Å². The third-order valence-electron chi connectivity index (χ3n) is 3.43. The van der Waals surface area contributed by atoms with Crippen LogP contribution < -0.4 is 24.2 Å². The molecule has 0 radical (unpaired) electrons. The molecule has 0 N–H and O–H groups in total. The summed E-state index contributed by atoms with van der Waals surface area (Å²) in [5.74, 6) is 0. The largest absolute Gasteiger partial charge is 1.00 e. The van der Waals surface area contributed by atoms with Gasteiger partial charge in [-0.3, -0.25) is 4.79 Å². The Morgan fingerprint density at radius 1 is 0.850 bits per heavy atom. The molecular formula is C17H20LiOP. The minimum absolute atomic E-state index is 0. The zero-order valence-corrected chi connectivity index (χ0v) is 13.9. The molecule has 0 aromatic heterocycles. The van der Waals surface area contributed by atoms with Gasteiger partial charge in [-0.25, -0.2) is 0 Å². The summed E-state index contributed by atoms with van der Waals surface area (Å²) in [6.45, 7) is 8.17. The normalized spacial score (nSPS) is 10.6. The summed E-state index contributed by atoms with van der Waals surface area (Å²) in [4.78, 5) is 12.6. The Hall–Kier alpha value is -0.863. The second-order valence-electron chi connectivity index (χ2n) is 4.99. The van der Waals surface area contributed by atoms with Crippen LogP contribution in [0.4, 0.5) is 0 Å². The standard InChI is InChI=1S/C17H19OP.Li.H/c1-11-7-5-8-12(2)15(11)17(18)19-16-13(3)9-6-10-14(16)4;;/h5-10,19H,1-4H3;;/q;+1;-1. The van der Waals surface area contributed by atoms with Crippen LogP contribution in [0.1, 0.15) is 34.0 Å². The molecule has 3 heteroatoms. The fourth-order valence-electron chi connectivity index (χ4n) is 2.36. The van der Waals surface area contributed by atoms with E-state index in [1.54, 1.807) is 0 Å². The van der Waals surface area contributed by atoms with Crippen LogP contribution in [-0.4, -0.2) is 5.52 Å². The minimum atomic E-state index is 0. The Balaban J connectivity index is 0.00000200. The molecule has 2 aromatic rings. The Labute approximate surface area is 136 Å². The van der Waals surface area contributed by atoms with E-state index in [0.717, 1.165) is 16.7 Å². The monoisotopic (exact) mass is 278 g/mol. The number of hydrogen-bond donors (Lipinski definition) is 0. The van der Waals surface area contributed by atoms with Crippen molar-refractivity contribution in [3.05, 3.63) is 64.2 Å². The predicted molar refractivity (Wildman–Crippen MR) is 85.2 cm³/mol. The Bertz CT molecular complexity index is 600. The molecule has 0 aliphatic heterocycles. The van der Waals surface area contributed by atoms with Crippen LogP contribution in [-0.2, 0) is 0 Å². The Kier molecular flexibility index (Phi) is 6.22. The maximum absolute atomic E-state index is 12.6. The molecule has 0 saturated carbocycles. The topological polar surface area (TPSA) is 17.1 Å². The number of aryl methyl sites for hydroxylation is 4. The number of hydrogen-bond acceptors (Lipinski definition) is 1. The van der Waals surface area contributed by atoms with Gasteiger partial charge in [0.1, 0.15) is 0 Å². The first-order chi connectivity index (χ1) is 9.00. The molecule has 0 heterocycles. The van der Waals surface area contributed by atoms with Crippen molar-refractivity contribution >= 4 is 19.4 Å². The van der Waals surface area contributed by atoms with Crippen LogP contribution in [0.5, 0.6) is 0 Å². The van der Waals surface area contributed by atoms with Crippen LogP contribution in [0.25, 0.3) is 0 Å². The molecule has 0 aliphatic rings. The van der Waals surface area contributed by atoms with Crippen LogP contribution in [0.3, 0.4) is 0 Å². The molecule has 1 unspecified atom stereocenters. The molecule has 0 spiro atoms. The third-order valence-corrected chi connectivity index (χ3v) is 4.94. The smallest absolute Gasteiger partial charge is 1.00 e. The maximum atomic E-state index is 12.6. The van der Waals surface area contributed by atoms with Crippen molar-refractivity contribution < 1.29 is 25.1 Å². The molecule has 0 aliphatic carbocycles. The summed E-state index contributed by atoms with van der Waals surface area (Å²) in [5.41, 5.74) is 5.69. The van der Waals surface area contributed by atoms with E-state index in [9.17, 15) is 4.79 Å². The van der Waals surface area contributed by atoms with Crippen molar-refractivity contribution in [3.63, 3.8) is 0 Å². The SMILES string of the molecule is Cc1cccc(C)c1PC(=O)c1c(C)cccc1C.[H-].[Li+]. The molecular weight excluding hydrogens is 258 g/mol. The number of carbonyl (C=O) groups excluding carboxylic acids is 1. The van der Waals surface area contributed by atoms with Gasteiger partial charge in [0.25, 0.3) is 0 Å². The molecule has 0 saturated heterocycles. The third kappa shape index (κ3) is 3.61. The zero-order chi connectivity index (χ0) is 14.0. The van der Waals surface area contributed by atoms with Crippen LogP contribution in [0.2, 0.25) is 0 Å². The number of benzene rings is 2. The van der Waals surface area contributed by atoms with E-state index < -0.39 is 0 Å². The van der Waals surface area contributed by atoms with Gasteiger partial charge in [0.15, 0.2) is 5.52 Å². The fourth-order valence-corrected chi connectivity index (χ4v) is 3.67. The molecule has 2 aromatic carbocycles. The van der Waals surface area contributed by atoms with E-state index in [0.29, 0.717) is 0 Å². The molecule has 2 rings (SSSR count). The van der Waals surface area contributed by atoms with Crippen LogP contribution in [0, 0.1) is 27.7 Å². The van der Waals surface area contributed by atoms with Gasteiger partial charge in [-0.05, 0) is 63.8 Å². The van der Waals surface area contributed by atoms with Gasteiger partial charge in [-0.2, -0.15) is 0 Å². The Morgan fingerprint density at radius 2 is 1.25 bits per heavy atom. The van der Waals surface area contributed by atoms with Crippen molar-refractivity contribution in [2.75, 3.05) is 0 Å². The first-order valence-electron chi connectivity index (χ1n) is 6.44. The zero-order valence-electron chi connectivity index (χ0n) is 13.9.